The third kappa shape index (κ3) is 9.48. The second-order valence-electron chi connectivity index (χ2n) is 7.26. The molecule has 0 aromatic carbocycles. The Morgan fingerprint density at radius 2 is 0.960 bits per heavy atom. The van der Waals surface area contributed by atoms with E-state index in [1.807, 2.05) is 13.8 Å². The van der Waals surface area contributed by atoms with E-state index in [1.54, 1.807) is 13.8 Å². The average Bonchev–Trinajstić information content (AvgIpc) is 2.59. The Bertz CT molecular complexity index is 476. The molecule has 0 saturated carbocycles. The number of nitrogens with two attached hydrogens (primary N) is 2. The smallest absolute Gasteiger partial charge is 0.220 e. The summed E-state index contributed by atoms with van der Waals surface area (Å²) in [6.45, 7) is 7.46. The number of carbonyl (C=O) groups is 4. The molecule has 144 valence electrons. The van der Waals surface area contributed by atoms with Crippen LogP contribution in [0.15, 0.2) is 0 Å². The molecule has 0 aliphatic carbocycles. The van der Waals surface area contributed by atoms with Gasteiger partial charge in [-0.2, -0.15) is 0 Å². The molecule has 0 saturated heterocycles. The summed E-state index contributed by atoms with van der Waals surface area (Å²) < 4.78 is 0. The van der Waals surface area contributed by atoms with E-state index in [9.17, 15) is 19.2 Å². The van der Waals surface area contributed by atoms with Crippen LogP contribution in [0.1, 0.15) is 66.2 Å². The van der Waals surface area contributed by atoms with Gasteiger partial charge in [0.1, 0.15) is 17.3 Å². The lowest BCUT2D eigenvalue weighted by atomic mass is 9.89. The van der Waals surface area contributed by atoms with Crippen molar-refractivity contribution >= 4 is 23.3 Å². The van der Waals surface area contributed by atoms with Crippen molar-refractivity contribution in [3.05, 3.63) is 0 Å². The normalized spacial score (nSPS) is 15.9. The quantitative estimate of drug-likeness (QED) is 0.494. The predicted octanol–water partition coefficient (Wildman–Crippen LogP) is 2.02. The lowest BCUT2D eigenvalue weighted by molar-refractivity contribution is -0.125. The van der Waals surface area contributed by atoms with Crippen LogP contribution in [0.5, 0.6) is 0 Å². The lowest BCUT2D eigenvalue weighted by Crippen LogP contribution is -2.23. The maximum atomic E-state index is 12.2. The van der Waals surface area contributed by atoms with Crippen molar-refractivity contribution < 1.29 is 19.2 Å². The lowest BCUT2D eigenvalue weighted by Gasteiger charge is -2.14. The molecule has 0 spiro atoms. The van der Waals surface area contributed by atoms with Crippen molar-refractivity contribution in [1.82, 2.24) is 0 Å². The zero-order valence-electron chi connectivity index (χ0n) is 16.0. The fraction of sp³-hybridized carbons (Fsp3) is 0.789. The van der Waals surface area contributed by atoms with E-state index in [1.165, 1.54) is 0 Å². The van der Waals surface area contributed by atoms with E-state index in [2.05, 4.69) is 0 Å². The highest BCUT2D eigenvalue weighted by atomic mass is 16.1. The fourth-order valence-corrected chi connectivity index (χ4v) is 2.41. The topological polar surface area (TPSA) is 120 Å². The highest BCUT2D eigenvalue weighted by molar-refractivity contribution is 5.85. The second-order valence-corrected chi connectivity index (χ2v) is 7.26. The summed E-state index contributed by atoms with van der Waals surface area (Å²) in [7, 11) is 0. The molecule has 1 amide bonds. The Hall–Kier alpha value is -1.56. The predicted molar refractivity (Wildman–Crippen MR) is 97.6 cm³/mol. The molecule has 4 atom stereocenters. The van der Waals surface area contributed by atoms with Crippen LogP contribution in [0, 0.1) is 23.7 Å². The summed E-state index contributed by atoms with van der Waals surface area (Å²) >= 11 is 0. The van der Waals surface area contributed by atoms with Crippen LogP contribution in [0.2, 0.25) is 0 Å². The van der Waals surface area contributed by atoms with E-state index >= 15 is 0 Å². The van der Waals surface area contributed by atoms with Gasteiger partial charge < -0.3 is 11.5 Å². The minimum Gasteiger partial charge on any atom is -0.369 e. The van der Waals surface area contributed by atoms with Crippen molar-refractivity contribution in [2.24, 2.45) is 35.1 Å². The number of amides is 1. The van der Waals surface area contributed by atoms with Gasteiger partial charge in [-0.05, 0) is 19.3 Å². The third-order valence-electron chi connectivity index (χ3n) is 4.96. The molecule has 6 nitrogen and oxygen atoms in total. The van der Waals surface area contributed by atoms with Crippen molar-refractivity contribution in [3.8, 4) is 0 Å². The zero-order chi connectivity index (χ0) is 19.6. The number of hydrogen-bond donors (Lipinski definition) is 2. The number of ketones is 3. The van der Waals surface area contributed by atoms with Crippen LogP contribution in [-0.4, -0.2) is 29.8 Å². The molecule has 25 heavy (non-hydrogen) atoms. The van der Waals surface area contributed by atoms with Gasteiger partial charge in [-0.3, -0.25) is 19.2 Å². The van der Waals surface area contributed by atoms with E-state index in [4.69, 9.17) is 11.5 Å². The minimum atomic E-state index is -0.400. The van der Waals surface area contributed by atoms with Crippen LogP contribution in [-0.2, 0) is 19.2 Å². The summed E-state index contributed by atoms with van der Waals surface area (Å²) in [6.07, 6.45) is 2.48. The van der Waals surface area contributed by atoms with Crippen molar-refractivity contribution in [2.75, 3.05) is 6.54 Å². The molecule has 4 N–H and O–H groups in total. The van der Waals surface area contributed by atoms with Gasteiger partial charge in [-0.1, -0.05) is 27.7 Å². The van der Waals surface area contributed by atoms with E-state index < -0.39 is 5.91 Å². The van der Waals surface area contributed by atoms with E-state index in [-0.39, 0.29) is 41.0 Å². The largest absolute Gasteiger partial charge is 0.369 e. The highest BCUT2D eigenvalue weighted by Gasteiger charge is 2.20. The number of hydrogen-bond acceptors (Lipinski definition) is 5. The molecule has 0 aromatic rings. The molecule has 0 rings (SSSR count). The first-order valence-electron chi connectivity index (χ1n) is 9.17. The Labute approximate surface area is 151 Å². The van der Waals surface area contributed by atoms with Gasteiger partial charge in [0.15, 0.2) is 0 Å². The van der Waals surface area contributed by atoms with E-state index in [0.717, 1.165) is 0 Å². The van der Waals surface area contributed by atoms with Gasteiger partial charge >= 0.3 is 0 Å². The summed E-state index contributed by atoms with van der Waals surface area (Å²) in [5.74, 6) is -1.05. The summed E-state index contributed by atoms with van der Waals surface area (Å²) in [4.78, 5) is 47.0. The molecule has 0 radical (unpaired) electrons. The molecule has 0 aromatic heterocycles. The first kappa shape index (κ1) is 23.4. The molecule has 4 unspecified atom stereocenters. The van der Waals surface area contributed by atoms with Crippen LogP contribution >= 0.6 is 0 Å². The zero-order valence-corrected chi connectivity index (χ0v) is 16.0. The first-order valence-corrected chi connectivity index (χ1v) is 9.17. The fourth-order valence-electron chi connectivity index (χ4n) is 2.41. The van der Waals surface area contributed by atoms with Crippen LogP contribution in [0.25, 0.3) is 0 Å². The van der Waals surface area contributed by atoms with E-state index in [0.29, 0.717) is 45.1 Å². The number of Topliss-reactive ketones (excluding diaryl/α,β-unsaturated/α-hetero) is 3. The number of carbonyl (C=O) groups excluding carboxylic acids is 4. The maximum absolute atomic E-state index is 12.2. The van der Waals surface area contributed by atoms with Crippen molar-refractivity contribution in [2.45, 2.75) is 66.2 Å². The average molecular weight is 354 g/mol. The monoisotopic (exact) mass is 354 g/mol. The third-order valence-corrected chi connectivity index (χ3v) is 4.96. The van der Waals surface area contributed by atoms with Gasteiger partial charge in [0, 0.05) is 49.5 Å². The first-order chi connectivity index (χ1) is 11.6. The molecule has 6 heteroatoms. The molecule has 0 fully saturated rings. The molecule has 0 heterocycles. The Morgan fingerprint density at radius 3 is 1.28 bits per heavy atom. The van der Waals surface area contributed by atoms with Crippen molar-refractivity contribution in [3.63, 3.8) is 0 Å². The van der Waals surface area contributed by atoms with Crippen LogP contribution in [0.3, 0.4) is 0 Å². The Balaban J connectivity index is 4.15. The molecule has 0 bridgehead atoms. The molecular weight excluding hydrogens is 320 g/mol. The number of rotatable bonds is 14. The maximum Gasteiger partial charge on any atom is 0.220 e. The second kappa shape index (κ2) is 11.9. The Morgan fingerprint density at radius 1 is 0.640 bits per heavy atom. The Kier molecular flexibility index (Phi) is 11.2. The van der Waals surface area contributed by atoms with Gasteiger partial charge in [-0.15, -0.1) is 0 Å². The SMILES string of the molecule is CC(CCC(=O)C(C)CCC(=O)C(C)CCC(=O)C(C)CN)C(N)=O. The van der Waals surface area contributed by atoms with Gasteiger partial charge in [-0.25, -0.2) is 0 Å². The van der Waals surface area contributed by atoms with Crippen LogP contribution in [0.4, 0.5) is 0 Å². The minimum absolute atomic E-state index is 0.0560. The highest BCUT2D eigenvalue weighted by Crippen LogP contribution is 2.18. The summed E-state index contributed by atoms with van der Waals surface area (Å²) in [6, 6.07) is 0. The summed E-state index contributed by atoms with van der Waals surface area (Å²) in [5, 5.41) is 0. The van der Waals surface area contributed by atoms with Crippen LogP contribution < -0.4 is 11.5 Å². The molecule has 0 aliphatic rings. The van der Waals surface area contributed by atoms with Gasteiger partial charge in [0.2, 0.25) is 5.91 Å². The summed E-state index contributed by atoms with van der Waals surface area (Å²) in [5.41, 5.74) is 10.6. The molecular formula is C19H34N2O4. The molecule has 0 aliphatic heterocycles. The standard InChI is InChI=1S/C19H34N2O4/c1-12(17(23)10-7-14(3)19(21)25)5-8-16(22)13(2)6-9-18(24)15(4)11-20/h12-15H,5-11,20H2,1-4H3,(H2,21,25). The van der Waals surface area contributed by atoms with Gasteiger partial charge in [0.05, 0.1) is 0 Å². The number of primary amides is 1. The van der Waals surface area contributed by atoms with Crippen molar-refractivity contribution in [1.29, 1.82) is 0 Å². The van der Waals surface area contributed by atoms with Gasteiger partial charge in [0.25, 0.3) is 0 Å².